The minimum Gasteiger partial charge on any atom is -0.271 e. The van der Waals surface area contributed by atoms with Gasteiger partial charge in [-0.25, -0.2) is 9.91 Å². The van der Waals surface area contributed by atoms with Gasteiger partial charge in [0, 0.05) is 0 Å². The normalized spacial score (nSPS) is 23.7. The summed E-state index contributed by atoms with van der Waals surface area (Å²) in [5.74, 6) is -0.554. The Balaban J connectivity index is 1.51. The Hall–Kier alpha value is -3.02. The second-order valence-electron chi connectivity index (χ2n) is 7.10. The summed E-state index contributed by atoms with van der Waals surface area (Å²) in [6, 6.07) is 12.1. The third-order valence-corrected chi connectivity index (χ3v) is 5.39. The first kappa shape index (κ1) is 15.3. The van der Waals surface area contributed by atoms with E-state index in [1.54, 1.807) is 5.01 Å². The quantitative estimate of drug-likeness (QED) is 0.785. The summed E-state index contributed by atoms with van der Waals surface area (Å²) in [7, 11) is 0. The fraction of sp³-hybridized carbons (Fsp3) is 0.300. The number of hydrogen-bond donors (Lipinski definition) is 0. The van der Waals surface area contributed by atoms with Crippen LogP contribution in [0.15, 0.2) is 52.8 Å². The number of carbonyl (C=O) groups excluding carboxylic acids is 2. The van der Waals surface area contributed by atoms with Crippen LogP contribution in [-0.4, -0.2) is 23.9 Å². The first-order valence-corrected chi connectivity index (χ1v) is 8.90. The van der Waals surface area contributed by atoms with Crippen molar-refractivity contribution in [2.75, 3.05) is 9.91 Å². The lowest BCUT2D eigenvalue weighted by Crippen LogP contribution is -2.40. The Bertz CT molecular complexity index is 968. The first-order chi connectivity index (χ1) is 12.6. The molecule has 26 heavy (non-hydrogen) atoms. The van der Waals surface area contributed by atoms with E-state index in [0.29, 0.717) is 5.69 Å². The number of carbonyl (C=O) groups is 2. The van der Waals surface area contributed by atoms with E-state index in [2.05, 4.69) is 10.3 Å². The third kappa shape index (κ3) is 2.11. The van der Waals surface area contributed by atoms with E-state index in [1.807, 2.05) is 49.4 Å². The molecule has 0 N–H and O–H groups in total. The smallest absolute Gasteiger partial charge is 0.263 e. The number of nitrogens with zero attached hydrogens (tertiary/aromatic N) is 4. The number of aryl methyl sites for hydroxylation is 3. The lowest BCUT2D eigenvalue weighted by atomic mass is 10.1. The molecule has 3 aliphatic rings. The lowest BCUT2D eigenvalue weighted by Gasteiger charge is -2.21. The van der Waals surface area contributed by atoms with Crippen molar-refractivity contribution in [3.8, 4) is 0 Å². The standard InChI is InChI=1S/C20H18N4O2/c1-12-4-2-7-16(10-12)24-18-17(21-22-24)19(25)23(20(18)26)15-9-8-13-5-3-6-14(13)11-15/h2,4,7-11,17-18H,3,5-6H2,1H3. The van der Waals surface area contributed by atoms with E-state index in [-0.39, 0.29) is 11.8 Å². The monoisotopic (exact) mass is 346 g/mol. The molecule has 6 nitrogen and oxygen atoms in total. The summed E-state index contributed by atoms with van der Waals surface area (Å²) >= 11 is 0. The van der Waals surface area contributed by atoms with Crippen LogP contribution < -0.4 is 9.91 Å². The molecule has 2 aliphatic heterocycles. The first-order valence-electron chi connectivity index (χ1n) is 8.90. The topological polar surface area (TPSA) is 65.3 Å². The van der Waals surface area contributed by atoms with E-state index in [4.69, 9.17) is 0 Å². The molecule has 2 aromatic carbocycles. The van der Waals surface area contributed by atoms with Crippen LogP contribution in [0.2, 0.25) is 0 Å². The predicted molar refractivity (Wildman–Crippen MR) is 97.1 cm³/mol. The molecule has 0 aromatic heterocycles. The van der Waals surface area contributed by atoms with Crippen molar-refractivity contribution in [1.29, 1.82) is 0 Å². The molecule has 2 aromatic rings. The zero-order chi connectivity index (χ0) is 17.8. The summed E-state index contributed by atoms with van der Waals surface area (Å²) in [4.78, 5) is 27.3. The molecule has 2 atom stereocenters. The zero-order valence-corrected chi connectivity index (χ0v) is 14.4. The van der Waals surface area contributed by atoms with Crippen LogP contribution >= 0.6 is 0 Å². The Morgan fingerprint density at radius 3 is 2.65 bits per heavy atom. The van der Waals surface area contributed by atoms with Gasteiger partial charge in [-0.3, -0.25) is 9.59 Å². The molecule has 1 aliphatic carbocycles. The Kier molecular flexibility index (Phi) is 3.22. The molecule has 1 fully saturated rings. The highest BCUT2D eigenvalue weighted by atomic mass is 16.2. The number of benzene rings is 2. The Labute approximate surface area is 151 Å². The predicted octanol–water partition coefficient (Wildman–Crippen LogP) is 2.98. The van der Waals surface area contributed by atoms with Crippen molar-refractivity contribution in [3.63, 3.8) is 0 Å². The average Bonchev–Trinajstić information content (AvgIpc) is 3.32. The highest BCUT2D eigenvalue weighted by Gasteiger charge is 2.55. The van der Waals surface area contributed by atoms with Gasteiger partial charge in [0.25, 0.3) is 11.8 Å². The van der Waals surface area contributed by atoms with Gasteiger partial charge in [-0.05, 0) is 67.1 Å². The molecule has 5 rings (SSSR count). The second kappa shape index (κ2) is 5.49. The number of amides is 2. The van der Waals surface area contributed by atoms with Crippen LogP contribution in [0.3, 0.4) is 0 Å². The number of hydrogen-bond acceptors (Lipinski definition) is 5. The molecular weight excluding hydrogens is 328 g/mol. The van der Waals surface area contributed by atoms with Crippen molar-refractivity contribution >= 4 is 23.2 Å². The maximum Gasteiger partial charge on any atom is 0.263 e. The second-order valence-corrected chi connectivity index (χ2v) is 7.10. The molecule has 0 spiro atoms. The van der Waals surface area contributed by atoms with Gasteiger partial charge in [-0.2, -0.15) is 5.11 Å². The molecule has 1 saturated heterocycles. The van der Waals surface area contributed by atoms with Gasteiger partial charge in [-0.15, -0.1) is 0 Å². The number of rotatable bonds is 2. The van der Waals surface area contributed by atoms with E-state index < -0.39 is 12.1 Å². The van der Waals surface area contributed by atoms with Gasteiger partial charge in [0.15, 0.2) is 12.1 Å². The minimum absolute atomic E-state index is 0.260. The van der Waals surface area contributed by atoms with E-state index in [1.165, 1.54) is 16.0 Å². The molecule has 2 amide bonds. The van der Waals surface area contributed by atoms with Crippen molar-refractivity contribution in [2.45, 2.75) is 38.3 Å². The van der Waals surface area contributed by atoms with Crippen molar-refractivity contribution in [3.05, 3.63) is 59.2 Å². The molecule has 6 heteroatoms. The number of imide groups is 1. The minimum atomic E-state index is -0.767. The van der Waals surface area contributed by atoms with Crippen LogP contribution in [0.4, 0.5) is 11.4 Å². The van der Waals surface area contributed by atoms with Gasteiger partial charge in [-0.1, -0.05) is 23.4 Å². The fourth-order valence-corrected chi connectivity index (χ4v) is 4.10. The fourth-order valence-electron chi connectivity index (χ4n) is 4.10. The zero-order valence-electron chi connectivity index (χ0n) is 14.4. The third-order valence-electron chi connectivity index (χ3n) is 5.39. The van der Waals surface area contributed by atoms with E-state index in [0.717, 1.165) is 30.5 Å². The summed E-state index contributed by atoms with van der Waals surface area (Å²) in [5.41, 5.74) is 5.03. The van der Waals surface area contributed by atoms with Gasteiger partial charge in [0.2, 0.25) is 0 Å². The van der Waals surface area contributed by atoms with Crippen molar-refractivity contribution in [2.24, 2.45) is 10.3 Å². The van der Waals surface area contributed by atoms with Crippen LogP contribution in [0, 0.1) is 6.92 Å². The van der Waals surface area contributed by atoms with Gasteiger partial charge < -0.3 is 0 Å². The van der Waals surface area contributed by atoms with Crippen LogP contribution in [0.25, 0.3) is 0 Å². The van der Waals surface area contributed by atoms with E-state index in [9.17, 15) is 9.59 Å². The molecule has 0 bridgehead atoms. The SMILES string of the molecule is Cc1cccc(N2N=NC3C(=O)N(c4ccc5c(c4)CCC5)C(=O)C32)c1. The number of fused-ring (bicyclic) bond motifs is 2. The molecule has 2 unspecified atom stereocenters. The number of anilines is 2. The largest absolute Gasteiger partial charge is 0.271 e. The van der Waals surface area contributed by atoms with Gasteiger partial charge in [0.1, 0.15) is 0 Å². The summed E-state index contributed by atoms with van der Waals surface area (Å²) in [6.45, 7) is 1.98. The Morgan fingerprint density at radius 2 is 1.81 bits per heavy atom. The Morgan fingerprint density at radius 1 is 0.962 bits per heavy atom. The van der Waals surface area contributed by atoms with E-state index >= 15 is 0 Å². The van der Waals surface area contributed by atoms with Crippen LogP contribution in [0.5, 0.6) is 0 Å². The maximum atomic E-state index is 13.1. The highest BCUT2D eigenvalue weighted by molar-refractivity contribution is 6.26. The van der Waals surface area contributed by atoms with Gasteiger partial charge >= 0.3 is 0 Å². The molecule has 0 saturated carbocycles. The molecule has 0 radical (unpaired) electrons. The highest BCUT2D eigenvalue weighted by Crippen LogP contribution is 2.36. The average molecular weight is 346 g/mol. The summed E-state index contributed by atoms with van der Waals surface area (Å²) < 4.78 is 0. The van der Waals surface area contributed by atoms with Gasteiger partial charge in [0.05, 0.1) is 11.4 Å². The molecule has 130 valence electrons. The van der Waals surface area contributed by atoms with Crippen molar-refractivity contribution < 1.29 is 9.59 Å². The lowest BCUT2D eigenvalue weighted by molar-refractivity contribution is -0.121. The van der Waals surface area contributed by atoms with Crippen molar-refractivity contribution in [1.82, 2.24) is 0 Å². The van der Waals surface area contributed by atoms with Crippen LogP contribution in [-0.2, 0) is 22.4 Å². The summed E-state index contributed by atoms with van der Waals surface area (Å²) in [5, 5.41) is 9.79. The summed E-state index contributed by atoms with van der Waals surface area (Å²) in [6.07, 6.45) is 3.20. The maximum absolute atomic E-state index is 13.1. The molecular formula is C20H18N4O2. The van der Waals surface area contributed by atoms with Crippen LogP contribution in [0.1, 0.15) is 23.1 Å². The molecule has 2 heterocycles.